The van der Waals surface area contributed by atoms with Crippen LogP contribution in [0, 0.1) is 17.1 Å². The van der Waals surface area contributed by atoms with Gasteiger partial charge < -0.3 is 0 Å². The summed E-state index contributed by atoms with van der Waals surface area (Å²) in [5.41, 5.74) is -0.606. The molecule has 0 saturated heterocycles. The lowest BCUT2D eigenvalue weighted by atomic mass is 10.1. The van der Waals surface area contributed by atoms with Gasteiger partial charge in [0.2, 0.25) is 0 Å². The Balaban J connectivity index is 0.00000220. The summed E-state index contributed by atoms with van der Waals surface area (Å²) in [5.74, 6) is -0.520. The third-order valence-electron chi connectivity index (χ3n) is 2.87. The molecule has 0 fully saturated rings. The molecule has 5 nitrogen and oxygen atoms in total. The predicted molar refractivity (Wildman–Crippen MR) is 77.9 cm³/mol. The summed E-state index contributed by atoms with van der Waals surface area (Å²) < 4.78 is 15.2. The van der Waals surface area contributed by atoms with Crippen LogP contribution in [0.2, 0.25) is 5.15 Å². The molecule has 0 N–H and O–H groups in total. The second-order valence-corrected chi connectivity index (χ2v) is 4.53. The van der Waals surface area contributed by atoms with E-state index in [0.29, 0.717) is 5.56 Å². The maximum atomic E-state index is 13.2. The topological polar surface area (TPSA) is 67.8 Å². The first-order chi connectivity index (χ1) is 9.43. The van der Waals surface area contributed by atoms with Crippen LogP contribution in [-0.2, 0) is 13.6 Å². The first-order valence-corrected chi connectivity index (χ1v) is 5.96. The molecule has 0 spiro atoms. The highest BCUT2D eigenvalue weighted by molar-refractivity contribution is 6.29. The van der Waals surface area contributed by atoms with Crippen molar-refractivity contribution in [2.24, 2.45) is 7.05 Å². The minimum Gasteiger partial charge on any atom is -0.279 e. The van der Waals surface area contributed by atoms with E-state index in [-0.39, 0.29) is 24.7 Å². The van der Waals surface area contributed by atoms with Gasteiger partial charge in [0, 0.05) is 13.1 Å². The number of hydrogen-bond donors (Lipinski definition) is 0. The molecular formula is C14H13ClFN3O2. The van der Waals surface area contributed by atoms with Crippen molar-refractivity contribution in [3.05, 3.63) is 67.2 Å². The lowest BCUT2D eigenvalue weighted by Gasteiger charge is -2.10. The second-order valence-electron chi connectivity index (χ2n) is 4.15. The van der Waals surface area contributed by atoms with Crippen molar-refractivity contribution in [1.29, 1.82) is 5.26 Å². The van der Waals surface area contributed by atoms with E-state index in [4.69, 9.17) is 16.9 Å². The molecule has 0 unspecified atom stereocenters. The van der Waals surface area contributed by atoms with Gasteiger partial charge in [-0.05, 0) is 23.8 Å². The van der Waals surface area contributed by atoms with Crippen molar-refractivity contribution in [2.45, 2.75) is 14.0 Å². The molecule has 0 aliphatic carbocycles. The third-order valence-corrected chi connectivity index (χ3v) is 3.18. The highest BCUT2D eigenvalue weighted by Crippen LogP contribution is 2.13. The average Bonchev–Trinajstić information content (AvgIpc) is 2.41. The van der Waals surface area contributed by atoms with Gasteiger partial charge >= 0.3 is 5.69 Å². The smallest absolute Gasteiger partial charge is 0.279 e. The summed E-state index contributed by atoms with van der Waals surface area (Å²) in [6.07, 6.45) is 0. The number of benzene rings is 1. The van der Waals surface area contributed by atoms with Gasteiger partial charge in [0.25, 0.3) is 5.56 Å². The molecule has 0 aliphatic rings. The highest BCUT2D eigenvalue weighted by atomic mass is 35.5. The van der Waals surface area contributed by atoms with Crippen LogP contribution in [0.4, 0.5) is 4.39 Å². The summed E-state index contributed by atoms with van der Waals surface area (Å²) >= 11 is 5.86. The van der Waals surface area contributed by atoms with Crippen molar-refractivity contribution < 1.29 is 4.39 Å². The molecule has 7 heteroatoms. The Kier molecular flexibility index (Phi) is 5.06. The van der Waals surface area contributed by atoms with Crippen molar-refractivity contribution >= 4 is 11.6 Å². The van der Waals surface area contributed by atoms with Crippen LogP contribution in [0.15, 0.2) is 33.9 Å². The molecule has 110 valence electrons. The molecule has 0 amide bonds. The summed E-state index contributed by atoms with van der Waals surface area (Å²) in [5, 5.41) is 8.91. The SMILES string of the molecule is C.Cn1c(=O)cc(Cl)n(Cc2cc(F)ccc2C#N)c1=O. The lowest BCUT2D eigenvalue weighted by molar-refractivity contribution is 0.615. The number of hydrogen-bond acceptors (Lipinski definition) is 3. The van der Waals surface area contributed by atoms with E-state index >= 15 is 0 Å². The van der Waals surface area contributed by atoms with Crippen molar-refractivity contribution in [1.82, 2.24) is 9.13 Å². The molecule has 0 radical (unpaired) electrons. The predicted octanol–water partition coefficient (Wildman–Crippen LogP) is 1.90. The van der Waals surface area contributed by atoms with Crippen molar-refractivity contribution in [3.63, 3.8) is 0 Å². The minimum atomic E-state index is -0.629. The first kappa shape index (κ1) is 16.7. The summed E-state index contributed by atoms with van der Waals surface area (Å²) in [6.45, 7) is -0.0908. The normalized spacial score (nSPS) is 9.81. The number of nitrogens with zero attached hydrogens (tertiary/aromatic N) is 3. The molecule has 1 heterocycles. The molecule has 0 aliphatic heterocycles. The molecule has 1 aromatic heterocycles. The number of nitriles is 1. The Bertz CT molecular complexity index is 834. The molecule has 2 aromatic rings. The van der Waals surface area contributed by atoms with Crippen LogP contribution in [0.1, 0.15) is 18.6 Å². The number of halogens is 2. The van der Waals surface area contributed by atoms with Gasteiger partial charge in [0.1, 0.15) is 11.0 Å². The maximum Gasteiger partial charge on any atom is 0.332 e. The van der Waals surface area contributed by atoms with Crippen molar-refractivity contribution in [3.8, 4) is 6.07 Å². The van der Waals surface area contributed by atoms with Crippen LogP contribution in [0.25, 0.3) is 0 Å². The quantitative estimate of drug-likeness (QED) is 0.796. The second kappa shape index (κ2) is 6.37. The maximum absolute atomic E-state index is 13.2. The van der Waals surface area contributed by atoms with Gasteiger partial charge in [0.05, 0.1) is 18.2 Å². The Morgan fingerprint density at radius 2 is 2.00 bits per heavy atom. The van der Waals surface area contributed by atoms with Gasteiger partial charge in [-0.2, -0.15) is 5.26 Å². The van der Waals surface area contributed by atoms with E-state index in [9.17, 15) is 14.0 Å². The third kappa shape index (κ3) is 3.20. The van der Waals surface area contributed by atoms with Gasteiger partial charge in [-0.1, -0.05) is 19.0 Å². The number of rotatable bonds is 2. The van der Waals surface area contributed by atoms with Crippen molar-refractivity contribution in [2.75, 3.05) is 0 Å². The van der Waals surface area contributed by atoms with Gasteiger partial charge in [-0.25, -0.2) is 9.18 Å². The fraction of sp³-hybridized carbons (Fsp3) is 0.214. The van der Waals surface area contributed by atoms with E-state index in [1.807, 2.05) is 6.07 Å². The van der Waals surface area contributed by atoms with Crippen LogP contribution in [0.3, 0.4) is 0 Å². The molecule has 21 heavy (non-hydrogen) atoms. The fourth-order valence-electron chi connectivity index (χ4n) is 1.76. The van der Waals surface area contributed by atoms with Crippen LogP contribution >= 0.6 is 11.6 Å². The van der Waals surface area contributed by atoms with E-state index in [0.717, 1.165) is 27.3 Å². The minimum absolute atomic E-state index is 0. The van der Waals surface area contributed by atoms with E-state index in [1.165, 1.54) is 13.1 Å². The Morgan fingerprint density at radius 1 is 1.33 bits per heavy atom. The zero-order valence-corrected chi connectivity index (χ0v) is 11.2. The molecular weight excluding hydrogens is 297 g/mol. The largest absolute Gasteiger partial charge is 0.332 e. The molecule has 0 saturated carbocycles. The zero-order chi connectivity index (χ0) is 14.9. The van der Waals surface area contributed by atoms with Crippen LogP contribution in [0.5, 0.6) is 0 Å². The molecule has 0 bridgehead atoms. The van der Waals surface area contributed by atoms with Gasteiger partial charge in [-0.15, -0.1) is 0 Å². The van der Waals surface area contributed by atoms with Crippen LogP contribution < -0.4 is 11.2 Å². The molecule has 0 atom stereocenters. The van der Waals surface area contributed by atoms with Crippen LogP contribution in [-0.4, -0.2) is 9.13 Å². The fourth-order valence-corrected chi connectivity index (χ4v) is 1.98. The summed E-state index contributed by atoms with van der Waals surface area (Å²) in [6, 6.07) is 6.65. The Hall–Kier alpha value is -2.39. The highest BCUT2D eigenvalue weighted by Gasteiger charge is 2.11. The molecule has 2 rings (SSSR count). The first-order valence-electron chi connectivity index (χ1n) is 5.59. The lowest BCUT2D eigenvalue weighted by Crippen LogP contribution is -2.38. The number of aromatic nitrogens is 2. The van der Waals surface area contributed by atoms with Gasteiger partial charge in [-0.3, -0.25) is 13.9 Å². The zero-order valence-electron chi connectivity index (χ0n) is 10.4. The Labute approximate surface area is 125 Å². The molecule has 1 aromatic carbocycles. The van der Waals surface area contributed by atoms with E-state index in [2.05, 4.69) is 0 Å². The Morgan fingerprint density at radius 3 is 2.62 bits per heavy atom. The summed E-state index contributed by atoms with van der Waals surface area (Å²) in [4.78, 5) is 23.4. The average molecular weight is 310 g/mol. The standard InChI is InChI=1S/C13H9ClFN3O2.CH4/c1-17-12(19)5-11(14)18(13(17)20)7-9-4-10(15)3-2-8(9)6-16;/h2-5H,7H2,1H3;1H4. The monoisotopic (exact) mass is 309 g/mol. The van der Waals surface area contributed by atoms with E-state index < -0.39 is 17.1 Å². The van der Waals surface area contributed by atoms with Gasteiger partial charge in [0.15, 0.2) is 0 Å². The summed E-state index contributed by atoms with van der Waals surface area (Å²) in [7, 11) is 1.31. The van der Waals surface area contributed by atoms with E-state index in [1.54, 1.807) is 0 Å².